The number of nitrogens with one attached hydrogen (secondary N) is 1. The third-order valence-corrected chi connectivity index (χ3v) is 3.02. The van der Waals surface area contributed by atoms with Gasteiger partial charge in [-0.3, -0.25) is 4.98 Å². The van der Waals surface area contributed by atoms with Crippen molar-refractivity contribution in [3.05, 3.63) is 41.9 Å². The molecule has 1 N–H and O–H groups in total. The van der Waals surface area contributed by atoms with Gasteiger partial charge in [0, 0.05) is 12.7 Å². The van der Waals surface area contributed by atoms with Crippen molar-refractivity contribution in [1.82, 2.24) is 9.97 Å². The van der Waals surface area contributed by atoms with Crippen LogP contribution in [0, 0.1) is 13.8 Å². The molecule has 5 nitrogen and oxygen atoms in total. The molecule has 0 saturated heterocycles. The Morgan fingerprint density at radius 2 is 1.81 bits per heavy atom. The molecule has 0 saturated carbocycles. The van der Waals surface area contributed by atoms with Crippen LogP contribution in [0.4, 0.5) is 5.82 Å². The predicted octanol–water partition coefficient (Wildman–Crippen LogP) is 2.98. The van der Waals surface area contributed by atoms with Gasteiger partial charge in [0.2, 0.25) is 0 Å². The lowest BCUT2D eigenvalue weighted by atomic mass is 10.3. The lowest BCUT2D eigenvalue weighted by Crippen LogP contribution is -2.10. The van der Waals surface area contributed by atoms with E-state index >= 15 is 0 Å². The van der Waals surface area contributed by atoms with Crippen LogP contribution in [-0.2, 0) is 0 Å². The molecule has 0 atom stereocenters. The van der Waals surface area contributed by atoms with E-state index in [-0.39, 0.29) is 0 Å². The van der Waals surface area contributed by atoms with Crippen molar-refractivity contribution in [2.75, 3.05) is 25.6 Å². The Morgan fingerprint density at radius 3 is 2.52 bits per heavy atom. The van der Waals surface area contributed by atoms with Crippen LogP contribution in [0.2, 0.25) is 0 Å². The molecule has 0 aliphatic carbocycles. The fourth-order valence-corrected chi connectivity index (χ4v) is 1.85. The highest BCUT2D eigenvalue weighted by Crippen LogP contribution is 2.17. The first-order chi connectivity index (χ1) is 10.2. The molecule has 5 heteroatoms. The molecule has 1 aromatic heterocycles. The zero-order valence-electron chi connectivity index (χ0n) is 12.7. The number of aromatic nitrogens is 2. The zero-order chi connectivity index (χ0) is 15.1. The summed E-state index contributed by atoms with van der Waals surface area (Å²) in [6.45, 7) is 5.33. The first kappa shape index (κ1) is 15.1. The van der Waals surface area contributed by atoms with Crippen molar-refractivity contribution in [3.8, 4) is 11.5 Å². The Bertz CT molecular complexity index is 570. The molecule has 0 aliphatic rings. The second kappa shape index (κ2) is 7.47. The van der Waals surface area contributed by atoms with Gasteiger partial charge < -0.3 is 14.8 Å². The minimum Gasteiger partial charge on any atom is -0.497 e. The van der Waals surface area contributed by atoms with Gasteiger partial charge in [0.15, 0.2) is 0 Å². The Balaban J connectivity index is 1.71. The van der Waals surface area contributed by atoms with Gasteiger partial charge in [-0.15, -0.1) is 0 Å². The van der Waals surface area contributed by atoms with Crippen molar-refractivity contribution in [2.24, 2.45) is 0 Å². The van der Waals surface area contributed by atoms with E-state index in [1.54, 1.807) is 13.3 Å². The molecule has 1 aromatic carbocycles. The number of nitrogens with zero attached hydrogens (tertiary/aromatic N) is 2. The number of hydrogen-bond donors (Lipinski definition) is 1. The second-order valence-corrected chi connectivity index (χ2v) is 4.75. The Kier molecular flexibility index (Phi) is 5.37. The van der Waals surface area contributed by atoms with Gasteiger partial charge >= 0.3 is 0 Å². The molecule has 0 aliphatic heterocycles. The van der Waals surface area contributed by atoms with E-state index in [1.807, 2.05) is 38.1 Å². The van der Waals surface area contributed by atoms with E-state index in [2.05, 4.69) is 15.3 Å². The van der Waals surface area contributed by atoms with Crippen LogP contribution in [0.3, 0.4) is 0 Å². The zero-order valence-corrected chi connectivity index (χ0v) is 12.7. The van der Waals surface area contributed by atoms with Crippen LogP contribution in [-0.4, -0.2) is 30.2 Å². The number of rotatable bonds is 7. The van der Waals surface area contributed by atoms with Gasteiger partial charge in [0.05, 0.1) is 25.1 Å². The highest BCUT2D eigenvalue weighted by atomic mass is 16.5. The van der Waals surface area contributed by atoms with E-state index in [1.165, 1.54) is 0 Å². The molecule has 21 heavy (non-hydrogen) atoms. The molecule has 0 spiro atoms. The topological polar surface area (TPSA) is 56.3 Å². The number of hydrogen-bond acceptors (Lipinski definition) is 5. The molecule has 0 fully saturated rings. The normalized spacial score (nSPS) is 10.2. The van der Waals surface area contributed by atoms with E-state index < -0.39 is 0 Å². The van der Waals surface area contributed by atoms with Gasteiger partial charge in [-0.25, -0.2) is 4.98 Å². The average Bonchev–Trinajstić information content (AvgIpc) is 2.51. The van der Waals surface area contributed by atoms with Crippen molar-refractivity contribution < 1.29 is 9.47 Å². The third kappa shape index (κ3) is 4.63. The van der Waals surface area contributed by atoms with E-state index in [0.717, 1.165) is 41.7 Å². The van der Waals surface area contributed by atoms with Gasteiger partial charge in [-0.05, 0) is 44.5 Å². The van der Waals surface area contributed by atoms with Gasteiger partial charge in [-0.2, -0.15) is 0 Å². The summed E-state index contributed by atoms with van der Waals surface area (Å²) in [5.74, 6) is 2.53. The fraction of sp³-hybridized carbons (Fsp3) is 0.375. The quantitative estimate of drug-likeness (QED) is 0.793. The molecule has 0 radical (unpaired) electrons. The van der Waals surface area contributed by atoms with E-state index in [0.29, 0.717) is 6.61 Å². The maximum atomic E-state index is 5.67. The molecular formula is C16H21N3O2. The number of benzene rings is 1. The summed E-state index contributed by atoms with van der Waals surface area (Å²) in [5, 5.41) is 3.28. The van der Waals surface area contributed by atoms with Crippen molar-refractivity contribution in [2.45, 2.75) is 20.3 Å². The molecule has 112 valence electrons. The Labute approximate surface area is 125 Å². The fourth-order valence-electron chi connectivity index (χ4n) is 1.85. The van der Waals surface area contributed by atoms with Crippen molar-refractivity contribution >= 4 is 5.82 Å². The number of aryl methyl sites for hydroxylation is 2. The van der Waals surface area contributed by atoms with Gasteiger partial charge in [0.1, 0.15) is 17.3 Å². The number of anilines is 1. The number of methoxy groups -OCH3 is 1. The highest BCUT2D eigenvalue weighted by Gasteiger charge is 2.01. The van der Waals surface area contributed by atoms with E-state index in [9.17, 15) is 0 Å². The molecule has 0 unspecified atom stereocenters. The maximum Gasteiger partial charge on any atom is 0.147 e. The standard InChI is InChI=1S/C16H21N3O2/c1-12-11-18-13(2)16(19-12)17-9-4-10-21-15-7-5-14(20-3)6-8-15/h5-8,11H,4,9-10H2,1-3H3,(H,17,19). The highest BCUT2D eigenvalue weighted by molar-refractivity contribution is 5.39. The molecule has 0 bridgehead atoms. The lowest BCUT2D eigenvalue weighted by Gasteiger charge is -2.10. The maximum absolute atomic E-state index is 5.67. The number of ether oxygens (including phenoxy) is 2. The Hall–Kier alpha value is -2.30. The summed E-state index contributed by atoms with van der Waals surface area (Å²) in [4.78, 5) is 8.69. The minimum atomic E-state index is 0.650. The second-order valence-electron chi connectivity index (χ2n) is 4.75. The summed E-state index contributed by atoms with van der Waals surface area (Å²) in [5.41, 5.74) is 1.83. The summed E-state index contributed by atoms with van der Waals surface area (Å²) < 4.78 is 10.8. The van der Waals surface area contributed by atoms with Crippen molar-refractivity contribution in [1.29, 1.82) is 0 Å². The summed E-state index contributed by atoms with van der Waals surface area (Å²) in [7, 11) is 1.65. The van der Waals surface area contributed by atoms with Crippen molar-refractivity contribution in [3.63, 3.8) is 0 Å². The van der Waals surface area contributed by atoms with Gasteiger partial charge in [0.25, 0.3) is 0 Å². The SMILES string of the molecule is COc1ccc(OCCCNc2nc(C)cnc2C)cc1. The van der Waals surface area contributed by atoms with Crippen LogP contribution >= 0.6 is 0 Å². The first-order valence-corrected chi connectivity index (χ1v) is 7.00. The predicted molar refractivity (Wildman–Crippen MR) is 83.1 cm³/mol. The molecule has 0 amide bonds. The third-order valence-electron chi connectivity index (χ3n) is 3.02. The minimum absolute atomic E-state index is 0.650. The van der Waals surface area contributed by atoms with E-state index in [4.69, 9.17) is 9.47 Å². The monoisotopic (exact) mass is 287 g/mol. The van der Waals surface area contributed by atoms with Gasteiger partial charge in [-0.1, -0.05) is 0 Å². The average molecular weight is 287 g/mol. The first-order valence-electron chi connectivity index (χ1n) is 7.00. The molecular weight excluding hydrogens is 266 g/mol. The van der Waals surface area contributed by atoms with Crippen LogP contribution in [0.25, 0.3) is 0 Å². The summed E-state index contributed by atoms with van der Waals surface area (Å²) in [6.07, 6.45) is 2.66. The molecule has 1 heterocycles. The largest absolute Gasteiger partial charge is 0.497 e. The van der Waals surface area contributed by atoms with Crippen LogP contribution in [0.1, 0.15) is 17.8 Å². The smallest absolute Gasteiger partial charge is 0.147 e. The molecule has 2 rings (SSSR count). The van der Waals surface area contributed by atoms with Crippen LogP contribution in [0.5, 0.6) is 11.5 Å². The van der Waals surface area contributed by atoms with Crippen LogP contribution < -0.4 is 14.8 Å². The lowest BCUT2D eigenvalue weighted by molar-refractivity contribution is 0.314. The molecule has 2 aromatic rings. The van der Waals surface area contributed by atoms with Crippen LogP contribution in [0.15, 0.2) is 30.5 Å². The Morgan fingerprint density at radius 1 is 1.10 bits per heavy atom. The summed E-state index contributed by atoms with van der Waals surface area (Å²) >= 11 is 0. The summed E-state index contributed by atoms with van der Waals surface area (Å²) in [6, 6.07) is 7.59.